The number of nitrogens with zero attached hydrogens (tertiary/aromatic N) is 1. The standard InChI is InChI=1S/C37H25N3O/c38-37(39)26-16-17-27(23-8-2-1-3-9-23)33(21-26)40-32-12-6-4-10-28(32)29-18-14-24(20-34(29)40)25-15-19-31-30-11-5-7-13-35(30)41-36(31)22-25/h1-22H,(H3,38,39). The summed E-state index contributed by atoms with van der Waals surface area (Å²) in [6.07, 6.45) is 0. The van der Waals surface area contributed by atoms with Crippen LogP contribution in [0.2, 0.25) is 0 Å². The van der Waals surface area contributed by atoms with E-state index in [-0.39, 0.29) is 5.84 Å². The molecule has 0 aliphatic carbocycles. The fourth-order valence-corrected chi connectivity index (χ4v) is 6.06. The van der Waals surface area contributed by atoms with E-state index < -0.39 is 0 Å². The third kappa shape index (κ3) is 3.65. The Morgan fingerprint density at radius 1 is 0.537 bits per heavy atom. The van der Waals surface area contributed by atoms with E-state index in [0.29, 0.717) is 5.56 Å². The summed E-state index contributed by atoms with van der Waals surface area (Å²) in [5, 5.41) is 12.8. The van der Waals surface area contributed by atoms with Crippen molar-refractivity contribution in [3.63, 3.8) is 0 Å². The van der Waals surface area contributed by atoms with Gasteiger partial charge in [0.25, 0.3) is 0 Å². The molecule has 0 unspecified atom stereocenters. The van der Waals surface area contributed by atoms with Gasteiger partial charge in [-0.1, -0.05) is 97.1 Å². The lowest BCUT2D eigenvalue weighted by Gasteiger charge is -2.16. The highest BCUT2D eigenvalue weighted by Crippen LogP contribution is 2.39. The molecule has 3 N–H and O–H groups in total. The molecule has 2 aromatic heterocycles. The number of nitrogen functional groups attached to an aromatic ring is 1. The minimum Gasteiger partial charge on any atom is -0.456 e. The SMILES string of the molecule is N=C(N)c1ccc(-c2ccccc2)c(-n2c3ccccc3c3ccc(-c4ccc5c(c4)oc4ccccc45)cc32)c1. The van der Waals surface area contributed by atoms with Gasteiger partial charge in [-0.15, -0.1) is 0 Å². The van der Waals surface area contributed by atoms with Crippen LogP contribution in [0.25, 0.3) is 71.7 Å². The summed E-state index contributed by atoms with van der Waals surface area (Å²) in [5.41, 5.74) is 16.0. The molecule has 0 bridgehead atoms. The van der Waals surface area contributed by atoms with Crippen molar-refractivity contribution in [2.45, 2.75) is 0 Å². The van der Waals surface area contributed by atoms with Crippen molar-refractivity contribution in [3.8, 4) is 27.9 Å². The third-order valence-corrected chi connectivity index (χ3v) is 8.02. The first-order valence-electron chi connectivity index (χ1n) is 13.6. The van der Waals surface area contributed by atoms with Crippen LogP contribution in [-0.4, -0.2) is 10.4 Å². The number of nitrogens with one attached hydrogen (secondary N) is 1. The molecule has 0 saturated heterocycles. The number of rotatable bonds is 4. The average molecular weight is 528 g/mol. The third-order valence-electron chi connectivity index (χ3n) is 8.02. The molecule has 4 nitrogen and oxygen atoms in total. The Hall–Kier alpha value is -5.61. The van der Waals surface area contributed by atoms with Crippen LogP contribution in [0, 0.1) is 5.41 Å². The molecule has 0 amide bonds. The highest BCUT2D eigenvalue weighted by molar-refractivity contribution is 6.11. The maximum Gasteiger partial charge on any atom is 0.136 e. The summed E-state index contributed by atoms with van der Waals surface area (Å²) in [6, 6.07) is 46.2. The van der Waals surface area contributed by atoms with E-state index in [1.165, 1.54) is 10.8 Å². The van der Waals surface area contributed by atoms with Crippen LogP contribution in [0.4, 0.5) is 0 Å². The minimum absolute atomic E-state index is 0.0476. The second-order valence-electron chi connectivity index (χ2n) is 10.4. The van der Waals surface area contributed by atoms with E-state index in [1.807, 2.05) is 36.4 Å². The minimum atomic E-state index is 0.0476. The number of fused-ring (bicyclic) bond motifs is 6. The molecule has 0 fully saturated rings. The van der Waals surface area contributed by atoms with E-state index in [1.54, 1.807) is 0 Å². The Morgan fingerprint density at radius 3 is 2.02 bits per heavy atom. The summed E-state index contributed by atoms with van der Waals surface area (Å²) in [4.78, 5) is 0. The van der Waals surface area contributed by atoms with Gasteiger partial charge < -0.3 is 14.7 Å². The largest absolute Gasteiger partial charge is 0.456 e. The van der Waals surface area contributed by atoms with Gasteiger partial charge in [-0.25, -0.2) is 0 Å². The van der Waals surface area contributed by atoms with Crippen molar-refractivity contribution >= 4 is 49.6 Å². The predicted molar refractivity (Wildman–Crippen MR) is 170 cm³/mol. The second-order valence-corrected chi connectivity index (χ2v) is 10.4. The van der Waals surface area contributed by atoms with Crippen LogP contribution in [0.5, 0.6) is 0 Å². The molecule has 194 valence electrons. The van der Waals surface area contributed by atoms with E-state index >= 15 is 0 Å². The van der Waals surface area contributed by atoms with Gasteiger partial charge in [0.15, 0.2) is 0 Å². The first-order chi connectivity index (χ1) is 20.2. The highest BCUT2D eigenvalue weighted by Gasteiger charge is 2.18. The number of amidine groups is 1. The van der Waals surface area contributed by atoms with Crippen molar-refractivity contribution in [3.05, 3.63) is 139 Å². The van der Waals surface area contributed by atoms with Crippen LogP contribution in [0.3, 0.4) is 0 Å². The van der Waals surface area contributed by atoms with Crippen LogP contribution >= 0.6 is 0 Å². The van der Waals surface area contributed by atoms with E-state index in [0.717, 1.165) is 60.9 Å². The molecule has 2 heterocycles. The lowest BCUT2D eigenvalue weighted by molar-refractivity contribution is 0.669. The summed E-state index contributed by atoms with van der Waals surface area (Å²) in [7, 11) is 0. The Bertz CT molecular complexity index is 2290. The first kappa shape index (κ1) is 23.3. The number of benzene rings is 6. The summed E-state index contributed by atoms with van der Waals surface area (Å²) >= 11 is 0. The summed E-state index contributed by atoms with van der Waals surface area (Å²) in [6.45, 7) is 0. The summed E-state index contributed by atoms with van der Waals surface area (Å²) < 4.78 is 8.51. The zero-order chi connectivity index (χ0) is 27.5. The maximum absolute atomic E-state index is 8.17. The van der Waals surface area contributed by atoms with Crippen molar-refractivity contribution < 1.29 is 4.42 Å². The molecule has 0 saturated carbocycles. The molecule has 0 spiro atoms. The predicted octanol–water partition coefficient (Wildman–Crippen LogP) is 9.30. The Labute approximate surface area is 236 Å². The van der Waals surface area contributed by atoms with Crippen molar-refractivity contribution in [1.82, 2.24) is 4.57 Å². The van der Waals surface area contributed by atoms with Gasteiger partial charge in [-0.3, -0.25) is 5.41 Å². The average Bonchev–Trinajstić information content (AvgIpc) is 3.56. The molecule has 8 rings (SSSR count). The van der Waals surface area contributed by atoms with Gasteiger partial charge in [0.1, 0.15) is 17.0 Å². The van der Waals surface area contributed by atoms with Gasteiger partial charge in [0.2, 0.25) is 0 Å². The maximum atomic E-state index is 8.17. The molecule has 0 aliphatic rings. The van der Waals surface area contributed by atoms with Gasteiger partial charge in [0, 0.05) is 32.7 Å². The molecule has 0 aliphatic heterocycles. The number of para-hydroxylation sites is 2. The zero-order valence-electron chi connectivity index (χ0n) is 22.1. The second kappa shape index (κ2) is 8.97. The highest BCUT2D eigenvalue weighted by atomic mass is 16.3. The molecule has 0 atom stereocenters. The number of aromatic nitrogens is 1. The van der Waals surface area contributed by atoms with E-state index in [9.17, 15) is 0 Å². The van der Waals surface area contributed by atoms with Crippen LogP contribution < -0.4 is 5.73 Å². The van der Waals surface area contributed by atoms with Gasteiger partial charge in [0.05, 0.1) is 16.7 Å². The first-order valence-corrected chi connectivity index (χ1v) is 13.6. The van der Waals surface area contributed by atoms with Crippen molar-refractivity contribution in [2.75, 3.05) is 0 Å². The summed E-state index contributed by atoms with van der Waals surface area (Å²) in [5.74, 6) is 0.0476. The molecule has 8 aromatic rings. The zero-order valence-corrected chi connectivity index (χ0v) is 22.1. The molecule has 6 aromatic carbocycles. The van der Waals surface area contributed by atoms with E-state index in [2.05, 4.69) is 102 Å². The lowest BCUT2D eigenvalue weighted by atomic mass is 10.00. The van der Waals surface area contributed by atoms with E-state index in [4.69, 9.17) is 15.6 Å². The fourth-order valence-electron chi connectivity index (χ4n) is 6.06. The monoisotopic (exact) mass is 527 g/mol. The van der Waals surface area contributed by atoms with Crippen LogP contribution in [-0.2, 0) is 0 Å². The van der Waals surface area contributed by atoms with Crippen molar-refractivity contribution in [1.29, 1.82) is 5.41 Å². The molecule has 4 heteroatoms. The quantitative estimate of drug-likeness (QED) is 0.177. The lowest BCUT2D eigenvalue weighted by Crippen LogP contribution is -2.12. The molecule has 0 radical (unpaired) electrons. The van der Waals surface area contributed by atoms with Gasteiger partial charge in [-0.05, 0) is 53.1 Å². The normalized spacial score (nSPS) is 11.6. The van der Waals surface area contributed by atoms with Crippen molar-refractivity contribution in [2.24, 2.45) is 5.73 Å². The fraction of sp³-hybridized carbons (Fsp3) is 0. The molecular formula is C37H25N3O. The Balaban J connectivity index is 1.41. The number of nitrogens with two attached hydrogens (primary N) is 1. The van der Waals surface area contributed by atoms with Gasteiger partial charge >= 0.3 is 0 Å². The topological polar surface area (TPSA) is 67.9 Å². The van der Waals surface area contributed by atoms with Crippen LogP contribution in [0.15, 0.2) is 138 Å². The number of hydrogen-bond donors (Lipinski definition) is 2. The Kier molecular flexibility index (Phi) is 5.09. The molecular weight excluding hydrogens is 502 g/mol. The van der Waals surface area contributed by atoms with Crippen LogP contribution in [0.1, 0.15) is 5.56 Å². The number of furan rings is 1. The smallest absolute Gasteiger partial charge is 0.136 e. The Morgan fingerprint density at radius 2 is 1.20 bits per heavy atom. The van der Waals surface area contributed by atoms with Gasteiger partial charge in [-0.2, -0.15) is 0 Å². The molecule has 41 heavy (non-hydrogen) atoms. The number of hydrogen-bond acceptors (Lipinski definition) is 2.